The molecule has 1 aliphatic heterocycles. The summed E-state index contributed by atoms with van der Waals surface area (Å²) in [5, 5.41) is 2.67. The molecule has 1 aromatic carbocycles. The molecule has 0 bridgehead atoms. The number of hydrogen-bond acceptors (Lipinski definition) is 5. The molecular weight excluding hydrogens is 372 g/mol. The van der Waals surface area contributed by atoms with Gasteiger partial charge in [0.15, 0.2) is 6.61 Å². The number of benzene rings is 1. The van der Waals surface area contributed by atoms with Crippen molar-refractivity contribution in [2.75, 3.05) is 18.5 Å². The van der Waals surface area contributed by atoms with Crippen LogP contribution in [0.5, 0.6) is 0 Å². The van der Waals surface area contributed by atoms with Gasteiger partial charge in [-0.05, 0) is 43.4 Å². The van der Waals surface area contributed by atoms with E-state index in [-0.39, 0.29) is 23.7 Å². The number of rotatable bonds is 8. The number of esters is 1. The van der Waals surface area contributed by atoms with Crippen LogP contribution < -0.4 is 5.32 Å². The highest BCUT2D eigenvalue weighted by Crippen LogP contribution is 2.37. The topological polar surface area (TPSA) is 92.8 Å². The van der Waals surface area contributed by atoms with E-state index in [2.05, 4.69) is 12.2 Å². The molecule has 2 fully saturated rings. The summed E-state index contributed by atoms with van der Waals surface area (Å²) in [6.45, 7) is 1.25. The number of nitrogens with zero attached hydrogens (tertiary/aromatic N) is 1. The molecule has 0 unspecified atom stereocenters. The Kier molecular flexibility index (Phi) is 7.01. The van der Waals surface area contributed by atoms with Crippen LogP contribution in [0.1, 0.15) is 51.0 Å². The van der Waals surface area contributed by atoms with Crippen molar-refractivity contribution in [1.29, 1.82) is 0 Å². The van der Waals surface area contributed by atoms with Crippen LogP contribution in [-0.2, 0) is 30.3 Å². The number of unbranched alkanes of at least 4 members (excludes halogenated alkanes) is 1. The Morgan fingerprint density at radius 2 is 1.69 bits per heavy atom. The Morgan fingerprint density at radius 1 is 1.07 bits per heavy atom. The molecule has 1 saturated heterocycles. The summed E-state index contributed by atoms with van der Waals surface area (Å²) in [5.74, 6) is -2.39. The van der Waals surface area contributed by atoms with Gasteiger partial charge >= 0.3 is 5.97 Å². The van der Waals surface area contributed by atoms with E-state index in [1.807, 2.05) is 24.3 Å². The minimum Gasteiger partial charge on any atom is -0.454 e. The zero-order valence-corrected chi connectivity index (χ0v) is 16.8. The number of aryl methyl sites for hydroxylation is 1. The average Bonchev–Trinajstić information content (AvgIpc) is 2.97. The summed E-state index contributed by atoms with van der Waals surface area (Å²) in [7, 11) is 0. The van der Waals surface area contributed by atoms with Gasteiger partial charge in [-0.15, -0.1) is 0 Å². The number of fused-ring (bicyclic) bond motifs is 1. The fraction of sp³-hybridized carbons (Fsp3) is 0.545. The monoisotopic (exact) mass is 400 g/mol. The Labute approximate surface area is 170 Å². The minimum absolute atomic E-state index is 0.288. The second-order valence-corrected chi connectivity index (χ2v) is 7.77. The number of imide groups is 1. The number of carbonyl (C=O) groups is 4. The van der Waals surface area contributed by atoms with Crippen LogP contribution in [0, 0.1) is 11.8 Å². The first kappa shape index (κ1) is 21.0. The predicted octanol–water partition coefficient (Wildman–Crippen LogP) is 2.69. The molecule has 1 aromatic rings. The molecule has 0 spiro atoms. The summed E-state index contributed by atoms with van der Waals surface area (Å²) in [6.07, 6.45) is 6.49. The molecule has 3 rings (SSSR count). The summed E-state index contributed by atoms with van der Waals surface area (Å²) < 4.78 is 4.97. The van der Waals surface area contributed by atoms with Crippen LogP contribution >= 0.6 is 0 Å². The fourth-order valence-corrected chi connectivity index (χ4v) is 4.04. The van der Waals surface area contributed by atoms with E-state index in [4.69, 9.17) is 4.74 Å². The lowest BCUT2D eigenvalue weighted by Gasteiger charge is -2.19. The highest BCUT2D eigenvalue weighted by atomic mass is 16.5. The van der Waals surface area contributed by atoms with Crippen molar-refractivity contribution < 1.29 is 23.9 Å². The maximum absolute atomic E-state index is 12.4. The van der Waals surface area contributed by atoms with Crippen molar-refractivity contribution in [3.8, 4) is 0 Å². The van der Waals surface area contributed by atoms with Crippen molar-refractivity contribution in [1.82, 2.24) is 4.90 Å². The zero-order chi connectivity index (χ0) is 20.8. The standard InChI is InChI=1S/C22H28N2O5/c1-2-3-6-15-9-11-16(12-10-15)23-19(25)14-29-20(26)13-24-21(27)17-7-4-5-8-18(17)22(24)28/h9-12,17-18H,2-8,13-14H2,1H3,(H,23,25)/t17-,18-/m0/s1. The fourth-order valence-electron chi connectivity index (χ4n) is 4.04. The first-order valence-electron chi connectivity index (χ1n) is 10.4. The van der Waals surface area contributed by atoms with E-state index in [0.717, 1.165) is 37.0 Å². The van der Waals surface area contributed by atoms with Gasteiger partial charge in [0.25, 0.3) is 5.91 Å². The Morgan fingerprint density at radius 3 is 2.28 bits per heavy atom. The van der Waals surface area contributed by atoms with Gasteiger partial charge in [0.2, 0.25) is 11.8 Å². The normalized spacial score (nSPS) is 21.1. The molecule has 1 heterocycles. The average molecular weight is 400 g/mol. The summed E-state index contributed by atoms with van der Waals surface area (Å²) >= 11 is 0. The van der Waals surface area contributed by atoms with E-state index >= 15 is 0 Å². The van der Waals surface area contributed by atoms with Crippen LogP contribution in [0.25, 0.3) is 0 Å². The van der Waals surface area contributed by atoms with E-state index in [1.165, 1.54) is 5.56 Å². The Balaban J connectivity index is 1.43. The molecule has 1 N–H and O–H groups in total. The van der Waals surface area contributed by atoms with E-state index in [9.17, 15) is 19.2 Å². The van der Waals surface area contributed by atoms with Crippen molar-refractivity contribution in [3.05, 3.63) is 29.8 Å². The third-order valence-electron chi connectivity index (χ3n) is 5.64. The summed E-state index contributed by atoms with van der Waals surface area (Å²) in [4.78, 5) is 49.8. The minimum atomic E-state index is -0.754. The van der Waals surface area contributed by atoms with Gasteiger partial charge in [0, 0.05) is 5.69 Å². The van der Waals surface area contributed by atoms with Crippen molar-refractivity contribution in [2.24, 2.45) is 11.8 Å². The van der Waals surface area contributed by atoms with Crippen LogP contribution in [0.15, 0.2) is 24.3 Å². The zero-order valence-electron chi connectivity index (χ0n) is 16.8. The second-order valence-electron chi connectivity index (χ2n) is 7.77. The number of likely N-dealkylation sites (tertiary alicyclic amines) is 1. The molecule has 0 radical (unpaired) electrons. The maximum Gasteiger partial charge on any atom is 0.326 e. The smallest absolute Gasteiger partial charge is 0.326 e. The van der Waals surface area contributed by atoms with E-state index in [0.29, 0.717) is 18.5 Å². The molecule has 156 valence electrons. The molecule has 2 aliphatic rings. The lowest BCUT2D eigenvalue weighted by atomic mass is 9.81. The largest absolute Gasteiger partial charge is 0.454 e. The maximum atomic E-state index is 12.4. The number of carbonyl (C=O) groups excluding carboxylic acids is 4. The van der Waals surface area contributed by atoms with Crippen LogP contribution in [0.4, 0.5) is 5.69 Å². The molecule has 3 amide bonds. The van der Waals surface area contributed by atoms with Crippen molar-refractivity contribution in [2.45, 2.75) is 51.9 Å². The van der Waals surface area contributed by atoms with Gasteiger partial charge in [0.05, 0.1) is 11.8 Å². The highest BCUT2D eigenvalue weighted by Gasteiger charge is 2.48. The Bertz CT molecular complexity index is 750. The van der Waals surface area contributed by atoms with Gasteiger partial charge in [-0.25, -0.2) is 0 Å². The summed E-state index contributed by atoms with van der Waals surface area (Å²) in [6, 6.07) is 7.55. The molecular formula is C22H28N2O5. The molecule has 2 atom stereocenters. The van der Waals surface area contributed by atoms with Gasteiger partial charge in [-0.1, -0.05) is 38.3 Å². The lowest BCUT2D eigenvalue weighted by molar-refractivity contribution is -0.154. The molecule has 1 aliphatic carbocycles. The number of hydrogen-bond donors (Lipinski definition) is 1. The molecule has 0 aromatic heterocycles. The lowest BCUT2D eigenvalue weighted by Crippen LogP contribution is -2.37. The second kappa shape index (κ2) is 9.67. The number of anilines is 1. The van der Waals surface area contributed by atoms with Crippen molar-refractivity contribution in [3.63, 3.8) is 0 Å². The van der Waals surface area contributed by atoms with Gasteiger partial charge < -0.3 is 10.1 Å². The number of nitrogens with one attached hydrogen (secondary N) is 1. The first-order valence-corrected chi connectivity index (χ1v) is 10.4. The molecule has 1 saturated carbocycles. The predicted molar refractivity (Wildman–Crippen MR) is 107 cm³/mol. The van der Waals surface area contributed by atoms with Gasteiger partial charge in [-0.2, -0.15) is 0 Å². The molecule has 7 nitrogen and oxygen atoms in total. The molecule has 7 heteroatoms. The Hall–Kier alpha value is -2.70. The van der Waals surface area contributed by atoms with Gasteiger partial charge in [0.1, 0.15) is 6.54 Å². The third-order valence-corrected chi connectivity index (χ3v) is 5.64. The van der Waals surface area contributed by atoms with E-state index in [1.54, 1.807) is 0 Å². The van der Waals surface area contributed by atoms with Crippen molar-refractivity contribution >= 4 is 29.4 Å². The molecule has 29 heavy (non-hydrogen) atoms. The number of ether oxygens (including phenoxy) is 1. The highest BCUT2D eigenvalue weighted by molar-refractivity contribution is 6.07. The quantitative estimate of drug-likeness (QED) is 0.535. The number of amides is 3. The van der Waals surface area contributed by atoms with Crippen LogP contribution in [0.3, 0.4) is 0 Å². The first-order chi connectivity index (χ1) is 14.0. The van der Waals surface area contributed by atoms with Crippen LogP contribution in [-0.4, -0.2) is 41.7 Å². The van der Waals surface area contributed by atoms with E-state index < -0.39 is 25.0 Å². The third kappa shape index (κ3) is 5.22. The van der Waals surface area contributed by atoms with Gasteiger partial charge in [-0.3, -0.25) is 24.1 Å². The SMILES string of the molecule is CCCCc1ccc(NC(=O)COC(=O)CN2C(=O)[C@H]3CCCC[C@@H]3C2=O)cc1. The summed E-state index contributed by atoms with van der Waals surface area (Å²) in [5.41, 5.74) is 1.83. The van der Waals surface area contributed by atoms with Crippen LogP contribution in [0.2, 0.25) is 0 Å².